The highest BCUT2D eigenvalue weighted by Crippen LogP contribution is 2.39. The van der Waals surface area contributed by atoms with E-state index in [2.05, 4.69) is 31.3 Å². The number of hydrogen-bond donors (Lipinski definition) is 5. The normalized spacial score (nSPS) is 18.3. The number of nitrogens with two attached hydrogens (primary N) is 1. The number of fused-ring (bicyclic) bond motifs is 2. The number of H-pyrrole nitrogens is 3. The molecule has 7 rings (SSSR count). The molecule has 13 nitrogen and oxygen atoms in total. The third kappa shape index (κ3) is 7.73. The number of nitrogens with one attached hydrogen (secondary N) is 4. The molecule has 0 bridgehead atoms. The summed E-state index contributed by atoms with van der Waals surface area (Å²) in [5, 5.41) is 2.86. The molecular formula is C39H46N8O5. The molecule has 52 heavy (non-hydrogen) atoms. The number of amides is 3. The Kier molecular flexibility index (Phi) is 9.36. The number of benzene rings is 2. The number of carbonyl (C=O) groups excluding carboxylic acids is 3. The largest absolute Gasteiger partial charge is 0.444 e. The van der Waals surface area contributed by atoms with E-state index in [1.807, 2.05) is 52.0 Å². The van der Waals surface area contributed by atoms with Crippen LogP contribution in [-0.2, 0) is 20.7 Å². The van der Waals surface area contributed by atoms with E-state index in [1.54, 1.807) is 18.2 Å². The van der Waals surface area contributed by atoms with Gasteiger partial charge in [0.1, 0.15) is 17.5 Å². The van der Waals surface area contributed by atoms with E-state index in [0.29, 0.717) is 42.0 Å². The van der Waals surface area contributed by atoms with Gasteiger partial charge in [-0.15, -0.1) is 0 Å². The molecule has 0 radical (unpaired) electrons. The number of imidazole rings is 2. The Balaban J connectivity index is 1.11. The molecular weight excluding hydrogens is 660 g/mol. The molecule has 3 amide bonds. The van der Waals surface area contributed by atoms with Gasteiger partial charge in [-0.05, 0) is 108 Å². The van der Waals surface area contributed by atoms with E-state index in [0.717, 1.165) is 65.1 Å². The number of primary amides is 1. The number of alkyl carbamates (subject to hydrolysis) is 1. The molecule has 2 saturated carbocycles. The minimum atomic E-state index is -0.987. The first-order valence-corrected chi connectivity index (χ1v) is 18.1. The van der Waals surface area contributed by atoms with E-state index < -0.39 is 23.6 Å². The van der Waals surface area contributed by atoms with Crippen LogP contribution in [0.15, 0.2) is 53.3 Å². The Morgan fingerprint density at radius 2 is 1.63 bits per heavy atom. The van der Waals surface area contributed by atoms with Gasteiger partial charge in [-0.2, -0.15) is 0 Å². The summed E-state index contributed by atoms with van der Waals surface area (Å²) >= 11 is 0. The number of aryl methyl sites for hydroxylation is 1. The van der Waals surface area contributed by atoms with E-state index in [9.17, 15) is 19.2 Å². The second-order valence-electron chi connectivity index (χ2n) is 15.3. The first-order valence-electron chi connectivity index (χ1n) is 18.1. The predicted molar refractivity (Wildman–Crippen MR) is 199 cm³/mol. The Bertz CT molecular complexity index is 2180. The standard InChI is InChI=1S/C39H46N8O5/c1-21-28(19-31-35(42-21)46-34(43-31)25-13-14-25)24-9-5-22(6-10-24)17-32(33(40)48)47(27-15-16-29-30(18-27)45-37(50)44-29)36(49)26-11-7-23(8-12-26)20-41-38(51)52-39(2,3)4/h5-6,9-10,15-16,18-19,23,25-26,32H,7-8,11-14,17,20H2,1-4H3,(H2,40,48)(H,41,51)(H,42,43,46)(H2,44,45,50)/t23-,26-,32-/m0/s1. The molecule has 3 heterocycles. The van der Waals surface area contributed by atoms with Crippen molar-refractivity contribution >= 4 is 45.8 Å². The fourth-order valence-electron chi connectivity index (χ4n) is 7.24. The fourth-order valence-corrected chi connectivity index (χ4v) is 7.24. The van der Waals surface area contributed by atoms with Gasteiger partial charge in [0.2, 0.25) is 11.8 Å². The zero-order valence-corrected chi connectivity index (χ0v) is 30.0. The van der Waals surface area contributed by atoms with Crippen LogP contribution in [0.1, 0.15) is 82.3 Å². The molecule has 1 atom stereocenters. The van der Waals surface area contributed by atoms with Gasteiger partial charge < -0.3 is 30.7 Å². The Hall–Kier alpha value is -5.46. The number of anilines is 1. The first-order chi connectivity index (χ1) is 24.8. The Morgan fingerprint density at radius 3 is 2.31 bits per heavy atom. The average molecular weight is 707 g/mol. The maximum absolute atomic E-state index is 14.5. The van der Waals surface area contributed by atoms with E-state index >= 15 is 0 Å². The SMILES string of the molecule is Cc1nc2nc(C3CC3)[nH]c2cc1-c1ccc(C[C@@H](C(N)=O)N(c2ccc3[nH]c(=O)[nH]c3c2)C(=O)[C@H]2CC[C@H](CNC(=O)OC(C)(C)C)CC2)cc1. The maximum Gasteiger partial charge on any atom is 0.407 e. The second kappa shape index (κ2) is 13.9. The zero-order chi connectivity index (χ0) is 36.7. The highest BCUT2D eigenvalue weighted by Gasteiger charge is 2.36. The van der Waals surface area contributed by atoms with Crippen LogP contribution in [0.3, 0.4) is 0 Å². The third-order valence-corrected chi connectivity index (χ3v) is 10.1. The topological polar surface area (TPSA) is 192 Å². The molecule has 3 aromatic heterocycles. The van der Waals surface area contributed by atoms with Crippen LogP contribution in [0.25, 0.3) is 33.3 Å². The zero-order valence-electron chi connectivity index (χ0n) is 30.0. The number of ether oxygens (including phenoxy) is 1. The Morgan fingerprint density at radius 1 is 0.923 bits per heavy atom. The molecule has 0 spiro atoms. The van der Waals surface area contributed by atoms with Crippen LogP contribution in [0.4, 0.5) is 10.5 Å². The van der Waals surface area contributed by atoms with Crippen molar-refractivity contribution in [3.05, 3.63) is 76.1 Å². The van der Waals surface area contributed by atoms with Crippen LogP contribution in [-0.4, -0.2) is 61.0 Å². The molecule has 0 aliphatic heterocycles. The average Bonchev–Trinajstić information content (AvgIpc) is 3.76. The van der Waals surface area contributed by atoms with Crippen LogP contribution in [0.2, 0.25) is 0 Å². The lowest BCUT2D eigenvalue weighted by atomic mass is 9.81. The summed E-state index contributed by atoms with van der Waals surface area (Å²) in [5.74, 6) is 0.512. The number of hydrogen-bond acceptors (Lipinski definition) is 7. The first kappa shape index (κ1) is 35.0. The van der Waals surface area contributed by atoms with Crippen molar-refractivity contribution in [1.82, 2.24) is 30.2 Å². The summed E-state index contributed by atoms with van der Waals surface area (Å²) in [6.45, 7) is 7.89. The number of carbonyl (C=O) groups is 3. The number of aromatic nitrogens is 5. The summed E-state index contributed by atoms with van der Waals surface area (Å²) in [6, 6.07) is 14.2. The quantitative estimate of drug-likeness (QED) is 0.122. The number of aromatic amines is 3. The summed E-state index contributed by atoms with van der Waals surface area (Å²) in [5.41, 5.74) is 12.0. The van der Waals surface area contributed by atoms with Crippen LogP contribution < -0.4 is 21.6 Å². The van der Waals surface area contributed by atoms with Gasteiger partial charge >= 0.3 is 11.8 Å². The van der Waals surface area contributed by atoms with Crippen LogP contribution in [0.5, 0.6) is 0 Å². The van der Waals surface area contributed by atoms with Crippen LogP contribution in [0, 0.1) is 18.8 Å². The summed E-state index contributed by atoms with van der Waals surface area (Å²) in [7, 11) is 0. The smallest absolute Gasteiger partial charge is 0.407 e. The molecule has 272 valence electrons. The highest BCUT2D eigenvalue weighted by atomic mass is 16.6. The summed E-state index contributed by atoms with van der Waals surface area (Å²) < 4.78 is 5.37. The molecule has 2 aliphatic carbocycles. The second-order valence-corrected chi connectivity index (χ2v) is 15.3. The summed E-state index contributed by atoms with van der Waals surface area (Å²) in [6.07, 6.45) is 4.68. The Labute approximate surface area is 301 Å². The van der Waals surface area contributed by atoms with Crippen molar-refractivity contribution in [3.8, 4) is 11.1 Å². The van der Waals surface area contributed by atoms with Crippen molar-refractivity contribution < 1.29 is 19.1 Å². The van der Waals surface area contributed by atoms with Crippen molar-refractivity contribution in [1.29, 1.82) is 0 Å². The molecule has 13 heteroatoms. The van der Waals surface area contributed by atoms with Crippen LogP contribution >= 0.6 is 0 Å². The predicted octanol–water partition coefficient (Wildman–Crippen LogP) is 5.74. The fraction of sp³-hybridized carbons (Fsp3) is 0.436. The molecule has 2 aromatic carbocycles. The maximum atomic E-state index is 14.5. The van der Waals surface area contributed by atoms with Gasteiger partial charge in [0.25, 0.3) is 0 Å². The van der Waals surface area contributed by atoms with E-state index in [4.69, 9.17) is 15.5 Å². The number of pyridine rings is 1. The molecule has 5 aromatic rings. The minimum absolute atomic E-state index is 0.194. The molecule has 6 N–H and O–H groups in total. The van der Waals surface area contributed by atoms with Crippen molar-refractivity contribution in [2.45, 2.75) is 90.2 Å². The van der Waals surface area contributed by atoms with Gasteiger partial charge in [0.05, 0.1) is 16.6 Å². The van der Waals surface area contributed by atoms with Crippen molar-refractivity contribution in [2.75, 3.05) is 11.4 Å². The monoisotopic (exact) mass is 706 g/mol. The molecule has 2 fully saturated rings. The van der Waals surface area contributed by atoms with Gasteiger partial charge in [-0.25, -0.2) is 19.6 Å². The van der Waals surface area contributed by atoms with Crippen molar-refractivity contribution in [3.63, 3.8) is 0 Å². The number of nitrogens with zero attached hydrogens (tertiary/aromatic N) is 3. The van der Waals surface area contributed by atoms with Gasteiger partial charge in [-0.1, -0.05) is 24.3 Å². The lowest BCUT2D eigenvalue weighted by Crippen LogP contribution is -2.52. The van der Waals surface area contributed by atoms with Gasteiger partial charge in [0.15, 0.2) is 5.65 Å². The van der Waals surface area contributed by atoms with E-state index in [1.165, 1.54) is 4.90 Å². The van der Waals surface area contributed by atoms with Gasteiger partial charge in [-0.3, -0.25) is 14.5 Å². The summed E-state index contributed by atoms with van der Waals surface area (Å²) in [4.78, 5) is 71.9. The number of rotatable bonds is 10. The van der Waals surface area contributed by atoms with Gasteiger partial charge in [0, 0.05) is 41.7 Å². The molecule has 0 unspecified atom stereocenters. The minimum Gasteiger partial charge on any atom is -0.444 e. The van der Waals surface area contributed by atoms with Crippen molar-refractivity contribution in [2.24, 2.45) is 17.6 Å². The van der Waals surface area contributed by atoms with E-state index in [-0.39, 0.29) is 29.9 Å². The lowest BCUT2D eigenvalue weighted by molar-refractivity contribution is -0.127. The molecule has 2 aliphatic rings. The third-order valence-electron chi connectivity index (χ3n) is 10.1. The lowest BCUT2D eigenvalue weighted by Gasteiger charge is -2.36. The molecule has 0 saturated heterocycles. The highest BCUT2D eigenvalue weighted by molar-refractivity contribution is 6.02.